The third-order valence-electron chi connectivity index (χ3n) is 2.96. The number of nitrogens with zero attached hydrogens (tertiary/aromatic N) is 3. The van der Waals surface area contributed by atoms with Crippen LogP contribution in [0.1, 0.15) is 18.2 Å². The highest BCUT2D eigenvalue weighted by Crippen LogP contribution is 2.28. The first-order chi connectivity index (χ1) is 8.05. The van der Waals surface area contributed by atoms with Crippen molar-refractivity contribution in [3.05, 3.63) is 24.2 Å². The molecule has 1 N–H and O–H groups in total. The van der Waals surface area contributed by atoms with Crippen LogP contribution in [-0.2, 0) is 9.84 Å². The molecule has 90 valence electrons. The Morgan fingerprint density at radius 2 is 2.29 bits per heavy atom. The van der Waals surface area contributed by atoms with Crippen molar-refractivity contribution in [2.75, 3.05) is 11.5 Å². The number of aromatic hydroxyl groups is 1. The molecule has 3 heterocycles. The SMILES string of the molecule is O=S1(=O)CCC(c2nc3c(O)cccn3n2)C1. The molecular weight excluding hydrogens is 242 g/mol. The summed E-state index contributed by atoms with van der Waals surface area (Å²) in [5, 5.41) is 13.8. The molecule has 0 radical (unpaired) electrons. The molecule has 1 aliphatic rings. The van der Waals surface area contributed by atoms with E-state index < -0.39 is 9.84 Å². The Kier molecular flexibility index (Phi) is 2.12. The zero-order valence-corrected chi connectivity index (χ0v) is 9.76. The predicted octanol–water partition coefficient (Wildman–Crippen LogP) is 0.337. The maximum Gasteiger partial charge on any atom is 0.197 e. The molecule has 1 saturated heterocycles. The van der Waals surface area contributed by atoms with Crippen LogP contribution in [0.25, 0.3) is 5.65 Å². The summed E-state index contributed by atoms with van der Waals surface area (Å²) in [6.45, 7) is 0. The van der Waals surface area contributed by atoms with Crippen LogP contribution in [0, 0.1) is 0 Å². The van der Waals surface area contributed by atoms with Gasteiger partial charge in [-0.2, -0.15) is 5.10 Å². The van der Waals surface area contributed by atoms with Gasteiger partial charge in [0, 0.05) is 12.1 Å². The fourth-order valence-corrected chi connectivity index (χ4v) is 3.82. The minimum Gasteiger partial charge on any atom is -0.504 e. The smallest absolute Gasteiger partial charge is 0.197 e. The van der Waals surface area contributed by atoms with E-state index in [1.165, 1.54) is 10.6 Å². The molecule has 1 atom stereocenters. The highest BCUT2D eigenvalue weighted by atomic mass is 32.2. The van der Waals surface area contributed by atoms with Gasteiger partial charge in [0.25, 0.3) is 0 Å². The molecule has 0 bridgehead atoms. The van der Waals surface area contributed by atoms with Crippen LogP contribution in [0.15, 0.2) is 18.3 Å². The number of hydrogen-bond acceptors (Lipinski definition) is 5. The average molecular weight is 253 g/mol. The third kappa shape index (κ3) is 1.76. The number of fused-ring (bicyclic) bond motifs is 1. The van der Waals surface area contributed by atoms with E-state index in [0.717, 1.165) is 0 Å². The van der Waals surface area contributed by atoms with Crippen molar-refractivity contribution < 1.29 is 13.5 Å². The van der Waals surface area contributed by atoms with Crippen LogP contribution < -0.4 is 0 Å². The van der Waals surface area contributed by atoms with Crippen molar-refractivity contribution in [3.8, 4) is 5.75 Å². The van der Waals surface area contributed by atoms with Crippen molar-refractivity contribution >= 4 is 15.5 Å². The topological polar surface area (TPSA) is 84.6 Å². The first-order valence-electron chi connectivity index (χ1n) is 5.30. The van der Waals surface area contributed by atoms with Crippen LogP contribution in [0.4, 0.5) is 0 Å². The van der Waals surface area contributed by atoms with Crippen LogP contribution in [0.2, 0.25) is 0 Å². The zero-order valence-electron chi connectivity index (χ0n) is 8.94. The third-order valence-corrected chi connectivity index (χ3v) is 4.72. The van der Waals surface area contributed by atoms with Gasteiger partial charge in [-0.3, -0.25) is 0 Å². The summed E-state index contributed by atoms with van der Waals surface area (Å²) in [4.78, 5) is 4.20. The normalized spacial score (nSPS) is 23.2. The van der Waals surface area contributed by atoms with E-state index in [4.69, 9.17) is 0 Å². The van der Waals surface area contributed by atoms with Crippen molar-refractivity contribution in [1.82, 2.24) is 14.6 Å². The second-order valence-electron chi connectivity index (χ2n) is 4.23. The van der Waals surface area contributed by atoms with Gasteiger partial charge in [-0.25, -0.2) is 17.9 Å². The lowest BCUT2D eigenvalue weighted by atomic mass is 10.1. The van der Waals surface area contributed by atoms with E-state index >= 15 is 0 Å². The van der Waals surface area contributed by atoms with Gasteiger partial charge in [0.2, 0.25) is 0 Å². The monoisotopic (exact) mass is 253 g/mol. The van der Waals surface area contributed by atoms with Gasteiger partial charge < -0.3 is 5.11 Å². The summed E-state index contributed by atoms with van der Waals surface area (Å²) in [6, 6.07) is 3.19. The quantitative estimate of drug-likeness (QED) is 0.792. The van der Waals surface area contributed by atoms with E-state index in [1.54, 1.807) is 12.3 Å². The molecule has 2 aromatic rings. The molecule has 0 aliphatic carbocycles. The summed E-state index contributed by atoms with van der Waals surface area (Å²) in [6.07, 6.45) is 2.23. The zero-order chi connectivity index (χ0) is 12.0. The first-order valence-corrected chi connectivity index (χ1v) is 7.12. The first kappa shape index (κ1) is 10.5. The highest BCUT2D eigenvalue weighted by Gasteiger charge is 2.31. The van der Waals surface area contributed by atoms with Crippen LogP contribution >= 0.6 is 0 Å². The van der Waals surface area contributed by atoms with Crippen molar-refractivity contribution in [3.63, 3.8) is 0 Å². The van der Waals surface area contributed by atoms with Crippen molar-refractivity contribution in [1.29, 1.82) is 0 Å². The van der Waals surface area contributed by atoms with E-state index in [9.17, 15) is 13.5 Å². The van der Waals surface area contributed by atoms with E-state index in [2.05, 4.69) is 10.1 Å². The maximum atomic E-state index is 11.4. The molecule has 0 saturated carbocycles. The summed E-state index contributed by atoms with van der Waals surface area (Å²) in [5.74, 6) is 0.683. The number of aromatic nitrogens is 3. The van der Waals surface area contributed by atoms with Gasteiger partial charge in [0.15, 0.2) is 27.1 Å². The fraction of sp³-hybridized carbons (Fsp3) is 0.400. The predicted molar refractivity (Wildman–Crippen MR) is 60.7 cm³/mol. The molecule has 0 spiro atoms. The molecule has 0 aromatic carbocycles. The lowest BCUT2D eigenvalue weighted by Crippen LogP contribution is -2.05. The maximum absolute atomic E-state index is 11.4. The lowest BCUT2D eigenvalue weighted by Gasteiger charge is -1.98. The number of hydrogen-bond donors (Lipinski definition) is 1. The largest absolute Gasteiger partial charge is 0.504 e. The Labute approximate surface area is 97.8 Å². The molecule has 2 aromatic heterocycles. The summed E-state index contributed by atoms with van der Waals surface area (Å²) in [5.41, 5.74) is 0.367. The van der Waals surface area contributed by atoms with E-state index in [0.29, 0.717) is 17.9 Å². The molecular formula is C10H11N3O3S. The molecule has 17 heavy (non-hydrogen) atoms. The Morgan fingerprint density at radius 1 is 1.47 bits per heavy atom. The fourth-order valence-electron chi connectivity index (χ4n) is 2.08. The molecule has 1 unspecified atom stereocenters. The molecule has 7 heteroatoms. The Hall–Kier alpha value is -1.63. The van der Waals surface area contributed by atoms with Gasteiger partial charge in [0.1, 0.15) is 0 Å². The van der Waals surface area contributed by atoms with Crippen molar-refractivity contribution in [2.24, 2.45) is 0 Å². The van der Waals surface area contributed by atoms with Gasteiger partial charge in [-0.05, 0) is 18.6 Å². The molecule has 0 amide bonds. The second-order valence-corrected chi connectivity index (χ2v) is 6.46. The molecule has 1 aliphatic heterocycles. The van der Waals surface area contributed by atoms with Gasteiger partial charge in [0.05, 0.1) is 11.5 Å². The molecule has 6 nitrogen and oxygen atoms in total. The second kappa shape index (κ2) is 3.43. The average Bonchev–Trinajstić information content (AvgIpc) is 2.82. The molecule has 3 rings (SSSR count). The van der Waals surface area contributed by atoms with Gasteiger partial charge >= 0.3 is 0 Å². The Balaban J connectivity index is 2.05. The van der Waals surface area contributed by atoms with E-state index in [-0.39, 0.29) is 23.2 Å². The minimum atomic E-state index is -2.94. The summed E-state index contributed by atoms with van der Waals surface area (Å²) in [7, 11) is -2.94. The van der Waals surface area contributed by atoms with Crippen LogP contribution in [-0.4, -0.2) is 39.6 Å². The van der Waals surface area contributed by atoms with E-state index in [1.807, 2.05) is 0 Å². The number of rotatable bonds is 1. The van der Waals surface area contributed by atoms with Gasteiger partial charge in [-0.15, -0.1) is 0 Å². The Morgan fingerprint density at radius 3 is 2.94 bits per heavy atom. The minimum absolute atomic E-state index is 0.0482. The number of pyridine rings is 1. The summed E-state index contributed by atoms with van der Waals surface area (Å²) < 4.78 is 24.2. The molecule has 1 fully saturated rings. The number of sulfone groups is 1. The lowest BCUT2D eigenvalue weighted by molar-refractivity contribution is 0.477. The Bertz CT molecular complexity index is 677. The standard InChI is InChI=1S/C10H11N3O3S/c14-8-2-1-4-13-10(8)11-9(12-13)7-3-5-17(15,16)6-7/h1-2,4,7,14H,3,5-6H2. The van der Waals surface area contributed by atoms with Crippen LogP contribution in [0.5, 0.6) is 5.75 Å². The highest BCUT2D eigenvalue weighted by molar-refractivity contribution is 7.91. The van der Waals surface area contributed by atoms with Crippen LogP contribution in [0.3, 0.4) is 0 Å². The van der Waals surface area contributed by atoms with Crippen molar-refractivity contribution in [2.45, 2.75) is 12.3 Å². The summed E-state index contributed by atoms with van der Waals surface area (Å²) >= 11 is 0. The van der Waals surface area contributed by atoms with Gasteiger partial charge in [-0.1, -0.05) is 0 Å².